The van der Waals surface area contributed by atoms with Gasteiger partial charge in [-0.1, -0.05) is 60.7 Å². The van der Waals surface area contributed by atoms with Gasteiger partial charge >= 0.3 is 48.1 Å². The van der Waals surface area contributed by atoms with Gasteiger partial charge in [0.2, 0.25) is 0 Å². The third kappa shape index (κ3) is 12.2. The van der Waals surface area contributed by atoms with Crippen LogP contribution in [0.2, 0.25) is 0 Å². The van der Waals surface area contributed by atoms with Gasteiger partial charge in [0.15, 0.2) is 12.1 Å². The number of esters is 3. The molecule has 4 rings (SSSR count). The molecular formula is C36H44N4O14. The first-order chi connectivity index (χ1) is 25.6. The van der Waals surface area contributed by atoms with Crippen molar-refractivity contribution in [1.82, 2.24) is 19.6 Å². The highest BCUT2D eigenvalue weighted by atomic mass is 16.6. The number of carbonyl (C=O) groups excluding carboxylic acids is 7. The van der Waals surface area contributed by atoms with E-state index in [9.17, 15) is 43.5 Å². The predicted octanol–water partition coefficient (Wildman–Crippen LogP) is 3.41. The van der Waals surface area contributed by atoms with Gasteiger partial charge in [0.1, 0.15) is 31.9 Å². The number of urea groups is 2. The quantitative estimate of drug-likeness (QED) is 0.243. The third-order valence-corrected chi connectivity index (χ3v) is 7.38. The summed E-state index contributed by atoms with van der Waals surface area (Å²) in [7, 11) is 0. The molecule has 2 fully saturated rings. The van der Waals surface area contributed by atoms with Crippen molar-refractivity contribution < 1.29 is 67.1 Å². The maximum absolute atomic E-state index is 12.7. The number of carboxylic acid groups (broad SMARTS) is 1. The van der Waals surface area contributed by atoms with Crippen LogP contribution in [0.1, 0.15) is 45.7 Å². The van der Waals surface area contributed by atoms with E-state index in [1.165, 1.54) is 0 Å². The molecule has 18 heteroatoms. The molecule has 0 aromatic heterocycles. The first-order valence-corrected chi connectivity index (χ1v) is 16.9. The fourth-order valence-electron chi connectivity index (χ4n) is 5.02. The van der Waals surface area contributed by atoms with Crippen molar-refractivity contribution in [1.29, 1.82) is 0 Å². The Balaban J connectivity index is 0.000000294. The molecule has 2 heterocycles. The van der Waals surface area contributed by atoms with E-state index in [2.05, 4.69) is 0 Å². The van der Waals surface area contributed by atoms with Crippen LogP contribution in [0.15, 0.2) is 60.7 Å². The summed E-state index contributed by atoms with van der Waals surface area (Å²) in [5.74, 6) is -3.44. The minimum absolute atomic E-state index is 0.0671. The van der Waals surface area contributed by atoms with Crippen molar-refractivity contribution in [2.45, 2.75) is 65.5 Å². The van der Waals surface area contributed by atoms with Crippen molar-refractivity contribution in [2.75, 3.05) is 39.4 Å². The van der Waals surface area contributed by atoms with Gasteiger partial charge in [0.25, 0.3) is 0 Å². The number of imide groups is 2. The van der Waals surface area contributed by atoms with E-state index in [0.29, 0.717) is 15.4 Å². The van der Waals surface area contributed by atoms with E-state index >= 15 is 0 Å². The molecule has 6 amide bonds. The summed E-state index contributed by atoms with van der Waals surface area (Å²) in [5.41, 5.74) is 0.608. The Morgan fingerprint density at radius 1 is 0.648 bits per heavy atom. The Morgan fingerprint density at radius 3 is 1.41 bits per heavy atom. The molecule has 292 valence electrons. The van der Waals surface area contributed by atoms with Crippen molar-refractivity contribution in [3.05, 3.63) is 71.8 Å². The average Bonchev–Trinajstić information content (AvgIpc) is 3.62. The topological polar surface area (TPSA) is 216 Å². The number of hydrogen-bond donors (Lipinski definition) is 1. The van der Waals surface area contributed by atoms with E-state index in [0.717, 1.165) is 15.4 Å². The second-order valence-corrected chi connectivity index (χ2v) is 12.7. The highest BCUT2D eigenvalue weighted by molar-refractivity contribution is 6.00. The van der Waals surface area contributed by atoms with Gasteiger partial charge in [-0.2, -0.15) is 0 Å². The minimum Gasteiger partial charge on any atom is -0.480 e. The Kier molecular flexibility index (Phi) is 15.3. The normalized spacial score (nSPS) is 16.6. The van der Waals surface area contributed by atoms with Crippen LogP contribution in [-0.4, -0.2) is 130 Å². The molecule has 0 spiro atoms. The summed E-state index contributed by atoms with van der Waals surface area (Å²) >= 11 is 0. The molecular weight excluding hydrogens is 712 g/mol. The van der Waals surface area contributed by atoms with Crippen LogP contribution in [-0.2, 0) is 56.1 Å². The van der Waals surface area contributed by atoms with Gasteiger partial charge in [-0.05, 0) is 45.7 Å². The zero-order chi connectivity index (χ0) is 40.0. The number of benzene rings is 2. The molecule has 0 radical (unpaired) electrons. The molecule has 0 saturated carbocycles. The lowest BCUT2D eigenvalue weighted by Gasteiger charge is -2.24. The number of carboxylic acids is 1. The van der Waals surface area contributed by atoms with Gasteiger partial charge in [-0.3, -0.25) is 9.59 Å². The van der Waals surface area contributed by atoms with Crippen molar-refractivity contribution in [2.24, 2.45) is 0 Å². The molecule has 0 bridgehead atoms. The molecule has 2 saturated heterocycles. The lowest BCUT2D eigenvalue weighted by Crippen LogP contribution is -2.46. The van der Waals surface area contributed by atoms with Gasteiger partial charge in [0, 0.05) is 0 Å². The molecule has 0 aliphatic carbocycles. The SMILES string of the molecule is CCOC(=O)CN1C[C@@H](C(=O)O)N(C(=O)OCc2ccccc2)C1=O.CCOC(=O)CN1C[C@@H](C(=O)OC(C)(C)C)N(C(=O)OCc2ccccc2)C1=O. The maximum atomic E-state index is 12.7. The van der Waals surface area contributed by atoms with Crippen molar-refractivity contribution >= 4 is 48.1 Å². The molecule has 2 aromatic rings. The van der Waals surface area contributed by atoms with Crippen molar-refractivity contribution in [3.8, 4) is 0 Å². The van der Waals surface area contributed by atoms with Crippen LogP contribution in [0.25, 0.3) is 0 Å². The van der Waals surface area contributed by atoms with Crippen LogP contribution in [0.5, 0.6) is 0 Å². The number of aliphatic carboxylic acids is 1. The van der Waals surface area contributed by atoms with Crippen LogP contribution >= 0.6 is 0 Å². The van der Waals surface area contributed by atoms with E-state index in [1.807, 2.05) is 6.07 Å². The van der Waals surface area contributed by atoms with Gasteiger partial charge in [0.05, 0.1) is 26.3 Å². The molecule has 2 aromatic carbocycles. The summed E-state index contributed by atoms with van der Waals surface area (Å²) in [4.78, 5) is 100. The largest absolute Gasteiger partial charge is 0.480 e. The lowest BCUT2D eigenvalue weighted by molar-refractivity contribution is -0.159. The Hall–Kier alpha value is -6.20. The fourth-order valence-corrected chi connectivity index (χ4v) is 5.02. The second-order valence-electron chi connectivity index (χ2n) is 12.7. The zero-order valence-electron chi connectivity index (χ0n) is 30.6. The first-order valence-electron chi connectivity index (χ1n) is 16.9. The highest BCUT2D eigenvalue weighted by Gasteiger charge is 2.49. The molecule has 2 aliphatic heterocycles. The highest BCUT2D eigenvalue weighted by Crippen LogP contribution is 2.22. The van der Waals surface area contributed by atoms with Gasteiger partial charge in [-0.25, -0.2) is 38.6 Å². The molecule has 54 heavy (non-hydrogen) atoms. The molecule has 2 aliphatic rings. The van der Waals surface area contributed by atoms with Crippen LogP contribution in [0.4, 0.5) is 19.2 Å². The average molecular weight is 757 g/mol. The smallest absolute Gasteiger partial charge is 0.419 e. The Morgan fingerprint density at radius 2 is 1.04 bits per heavy atom. The number of rotatable bonds is 12. The van der Waals surface area contributed by atoms with Gasteiger partial charge in [-0.15, -0.1) is 0 Å². The lowest BCUT2D eigenvalue weighted by atomic mass is 10.2. The summed E-state index contributed by atoms with van der Waals surface area (Å²) in [6, 6.07) is 13.3. The minimum atomic E-state index is -1.43. The third-order valence-electron chi connectivity index (χ3n) is 7.38. The molecule has 1 N–H and O–H groups in total. The van der Waals surface area contributed by atoms with Crippen LogP contribution in [0, 0.1) is 0 Å². The summed E-state index contributed by atoms with van der Waals surface area (Å²) in [6.07, 6.45) is -2.06. The fraction of sp³-hybridized carbons (Fsp3) is 0.444. The number of ether oxygens (including phenoxy) is 5. The maximum Gasteiger partial charge on any atom is 0.419 e. The van der Waals surface area contributed by atoms with Crippen molar-refractivity contribution in [3.63, 3.8) is 0 Å². The Labute approximate surface area is 311 Å². The van der Waals surface area contributed by atoms with E-state index in [-0.39, 0.29) is 46.1 Å². The van der Waals surface area contributed by atoms with Crippen LogP contribution < -0.4 is 0 Å². The molecule has 0 unspecified atom stereocenters. The monoisotopic (exact) mass is 756 g/mol. The zero-order valence-corrected chi connectivity index (χ0v) is 30.6. The van der Waals surface area contributed by atoms with E-state index < -0.39 is 72.4 Å². The molecule has 2 atom stereocenters. The van der Waals surface area contributed by atoms with Gasteiger partial charge < -0.3 is 38.6 Å². The number of hydrogen-bond acceptors (Lipinski definition) is 13. The second kappa shape index (κ2) is 19.6. The Bertz CT molecular complexity index is 1660. The standard InChI is InChI=1S/C20H26N2O7.C16H18N2O7/c1-5-27-16(23)12-21-11-15(17(24)29-20(2,3)4)22(18(21)25)19(26)28-13-14-9-7-6-8-10-14;1-2-24-13(19)9-17-8-12(14(20)21)18(15(17)22)16(23)25-10-11-6-4-3-5-7-11/h6-10,15H,5,11-13H2,1-4H3;3-7,12H,2,8-10H2,1H3,(H,20,21)/t15-;12-/m00/s1. The number of amides is 6. The number of nitrogens with zero attached hydrogens (tertiary/aromatic N) is 4. The number of carbonyl (C=O) groups is 8. The van der Waals surface area contributed by atoms with E-state index in [4.69, 9.17) is 23.7 Å². The van der Waals surface area contributed by atoms with Crippen LogP contribution in [0.3, 0.4) is 0 Å². The van der Waals surface area contributed by atoms with E-state index in [1.54, 1.807) is 89.2 Å². The molecule has 18 nitrogen and oxygen atoms in total. The summed E-state index contributed by atoms with van der Waals surface area (Å²) in [6.45, 7) is 7.08. The predicted molar refractivity (Wildman–Crippen MR) is 185 cm³/mol. The first kappa shape index (κ1) is 42.2. The summed E-state index contributed by atoms with van der Waals surface area (Å²) < 4.78 is 25.1. The summed E-state index contributed by atoms with van der Waals surface area (Å²) in [5, 5.41) is 9.25.